The maximum absolute atomic E-state index is 12.4. The number of anilines is 1. The van der Waals surface area contributed by atoms with Crippen LogP contribution in [0.5, 0.6) is 0 Å². The summed E-state index contributed by atoms with van der Waals surface area (Å²) in [4.78, 5) is 24.8. The molecule has 0 atom stereocenters. The summed E-state index contributed by atoms with van der Waals surface area (Å²) in [6.45, 7) is 2.07. The Kier molecular flexibility index (Phi) is 5.05. The highest BCUT2D eigenvalue weighted by Gasteiger charge is 2.11. The molecule has 0 saturated carbocycles. The van der Waals surface area contributed by atoms with E-state index >= 15 is 0 Å². The Bertz CT molecular complexity index is 883. The highest BCUT2D eigenvalue weighted by Crippen LogP contribution is 2.15. The number of nitrogens with one attached hydrogen (secondary N) is 1. The number of aryl methyl sites for hydroxylation is 1. The standard InChI is InChI=1S/C22H19NO2/c1-2-16-7-6-10-20(15-16)23-22(25)19-13-11-18(12-14-19)21(24)17-8-4-3-5-9-17/h3-15H,2H2,1H3,(H,23,25). The molecule has 0 radical (unpaired) electrons. The minimum Gasteiger partial charge on any atom is -0.322 e. The SMILES string of the molecule is CCc1cccc(NC(=O)c2ccc(C(=O)c3ccccc3)cc2)c1. The van der Waals surface area contributed by atoms with E-state index in [1.54, 1.807) is 36.4 Å². The molecular weight excluding hydrogens is 310 g/mol. The Morgan fingerprint density at radius 2 is 1.40 bits per heavy atom. The monoisotopic (exact) mass is 329 g/mol. The molecule has 1 N–H and O–H groups in total. The molecule has 3 aromatic carbocycles. The van der Waals surface area contributed by atoms with Crippen molar-refractivity contribution in [1.82, 2.24) is 0 Å². The zero-order valence-electron chi connectivity index (χ0n) is 14.0. The van der Waals surface area contributed by atoms with Gasteiger partial charge in [0.1, 0.15) is 0 Å². The Hall–Kier alpha value is -3.20. The molecule has 0 aromatic heterocycles. The highest BCUT2D eigenvalue weighted by molar-refractivity contribution is 6.10. The first kappa shape index (κ1) is 16.7. The zero-order valence-corrected chi connectivity index (χ0v) is 14.0. The number of hydrogen-bond donors (Lipinski definition) is 1. The van der Waals surface area contributed by atoms with E-state index in [4.69, 9.17) is 0 Å². The van der Waals surface area contributed by atoms with Gasteiger partial charge in [-0.15, -0.1) is 0 Å². The summed E-state index contributed by atoms with van der Waals surface area (Å²) in [6, 6.07) is 23.6. The Morgan fingerprint density at radius 3 is 2.08 bits per heavy atom. The van der Waals surface area contributed by atoms with Gasteiger partial charge in [-0.1, -0.05) is 61.5 Å². The number of hydrogen-bond acceptors (Lipinski definition) is 2. The fourth-order valence-corrected chi connectivity index (χ4v) is 2.60. The predicted octanol–water partition coefficient (Wildman–Crippen LogP) is 4.73. The molecule has 25 heavy (non-hydrogen) atoms. The van der Waals surface area contributed by atoms with Crippen molar-refractivity contribution in [2.45, 2.75) is 13.3 Å². The van der Waals surface area contributed by atoms with Gasteiger partial charge in [-0.05, 0) is 36.2 Å². The van der Waals surface area contributed by atoms with Crippen molar-refractivity contribution in [3.05, 3.63) is 101 Å². The van der Waals surface area contributed by atoms with Gasteiger partial charge in [-0.25, -0.2) is 0 Å². The van der Waals surface area contributed by atoms with E-state index in [1.165, 1.54) is 5.56 Å². The molecule has 3 heteroatoms. The summed E-state index contributed by atoms with van der Waals surface area (Å²) < 4.78 is 0. The van der Waals surface area contributed by atoms with Crippen molar-refractivity contribution >= 4 is 17.4 Å². The normalized spacial score (nSPS) is 10.3. The van der Waals surface area contributed by atoms with E-state index < -0.39 is 0 Å². The number of benzene rings is 3. The van der Waals surface area contributed by atoms with Gasteiger partial charge in [0, 0.05) is 22.4 Å². The molecular formula is C22H19NO2. The van der Waals surface area contributed by atoms with E-state index in [9.17, 15) is 9.59 Å². The smallest absolute Gasteiger partial charge is 0.255 e. The second kappa shape index (κ2) is 7.58. The molecule has 0 aliphatic heterocycles. The van der Waals surface area contributed by atoms with Crippen molar-refractivity contribution in [2.75, 3.05) is 5.32 Å². The average Bonchev–Trinajstić information content (AvgIpc) is 2.68. The number of rotatable bonds is 5. The van der Waals surface area contributed by atoms with Crippen LogP contribution in [0.15, 0.2) is 78.9 Å². The molecule has 124 valence electrons. The van der Waals surface area contributed by atoms with Crippen molar-refractivity contribution in [2.24, 2.45) is 0 Å². The summed E-state index contributed by atoms with van der Waals surface area (Å²) >= 11 is 0. The second-order valence-electron chi connectivity index (χ2n) is 5.78. The molecule has 0 aliphatic carbocycles. The van der Waals surface area contributed by atoms with Crippen molar-refractivity contribution in [3.8, 4) is 0 Å². The van der Waals surface area contributed by atoms with Gasteiger partial charge in [-0.3, -0.25) is 9.59 Å². The van der Waals surface area contributed by atoms with Gasteiger partial charge in [0.15, 0.2) is 5.78 Å². The molecule has 0 heterocycles. The van der Waals surface area contributed by atoms with Gasteiger partial charge in [-0.2, -0.15) is 0 Å². The van der Waals surface area contributed by atoms with Crippen LogP contribution in [-0.4, -0.2) is 11.7 Å². The first-order chi connectivity index (χ1) is 12.2. The maximum Gasteiger partial charge on any atom is 0.255 e. The molecule has 0 spiro atoms. The summed E-state index contributed by atoms with van der Waals surface area (Å²) in [5.41, 5.74) is 3.66. The van der Waals surface area contributed by atoms with Crippen LogP contribution >= 0.6 is 0 Å². The fourth-order valence-electron chi connectivity index (χ4n) is 2.60. The molecule has 0 unspecified atom stereocenters. The number of amides is 1. The van der Waals surface area contributed by atoms with Crippen LogP contribution in [0.3, 0.4) is 0 Å². The van der Waals surface area contributed by atoms with Crippen molar-refractivity contribution in [1.29, 1.82) is 0 Å². The quantitative estimate of drug-likeness (QED) is 0.688. The van der Waals surface area contributed by atoms with Gasteiger partial charge in [0.25, 0.3) is 5.91 Å². The lowest BCUT2D eigenvalue weighted by Gasteiger charge is -2.07. The van der Waals surface area contributed by atoms with E-state index in [1.807, 2.05) is 42.5 Å². The van der Waals surface area contributed by atoms with Crippen molar-refractivity contribution < 1.29 is 9.59 Å². The van der Waals surface area contributed by atoms with Crippen LogP contribution in [0.2, 0.25) is 0 Å². The lowest BCUT2D eigenvalue weighted by molar-refractivity contribution is 0.102. The minimum atomic E-state index is -0.188. The lowest BCUT2D eigenvalue weighted by atomic mass is 10.0. The molecule has 3 rings (SSSR count). The van der Waals surface area contributed by atoms with E-state index in [0.29, 0.717) is 16.7 Å². The zero-order chi connectivity index (χ0) is 17.6. The van der Waals surface area contributed by atoms with E-state index in [-0.39, 0.29) is 11.7 Å². The van der Waals surface area contributed by atoms with E-state index in [0.717, 1.165) is 12.1 Å². The van der Waals surface area contributed by atoms with E-state index in [2.05, 4.69) is 12.2 Å². The maximum atomic E-state index is 12.4. The molecule has 3 aromatic rings. The first-order valence-corrected chi connectivity index (χ1v) is 8.27. The molecule has 0 saturated heterocycles. The molecule has 1 amide bonds. The van der Waals surface area contributed by atoms with Crippen LogP contribution in [-0.2, 0) is 6.42 Å². The summed E-state index contributed by atoms with van der Waals surface area (Å²) in [5, 5.41) is 2.89. The van der Waals surface area contributed by atoms with Gasteiger partial charge in [0.2, 0.25) is 0 Å². The molecule has 0 fully saturated rings. The third kappa shape index (κ3) is 4.01. The third-order valence-electron chi connectivity index (χ3n) is 4.04. The van der Waals surface area contributed by atoms with Crippen LogP contribution in [0.25, 0.3) is 0 Å². The van der Waals surface area contributed by atoms with Crippen LogP contribution in [0.1, 0.15) is 38.8 Å². The number of carbonyl (C=O) groups excluding carboxylic acids is 2. The lowest BCUT2D eigenvalue weighted by Crippen LogP contribution is -2.12. The largest absolute Gasteiger partial charge is 0.322 e. The summed E-state index contributed by atoms with van der Waals surface area (Å²) in [5.74, 6) is -0.241. The minimum absolute atomic E-state index is 0.0526. The highest BCUT2D eigenvalue weighted by atomic mass is 16.1. The molecule has 0 bridgehead atoms. The number of ketones is 1. The Morgan fingerprint density at radius 1 is 0.760 bits per heavy atom. The fraction of sp³-hybridized carbons (Fsp3) is 0.0909. The van der Waals surface area contributed by atoms with Gasteiger partial charge < -0.3 is 5.32 Å². The first-order valence-electron chi connectivity index (χ1n) is 8.27. The third-order valence-corrected chi connectivity index (χ3v) is 4.04. The number of carbonyl (C=O) groups is 2. The van der Waals surface area contributed by atoms with Gasteiger partial charge in [0.05, 0.1) is 0 Å². The Balaban J connectivity index is 1.73. The average molecular weight is 329 g/mol. The second-order valence-corrected chi connectivity index (χ2v) is 5.78. The van der Waals surface area contributed by atoms with Crippen molar-refractivity contribution in [3.63, 3.8) is 0 Å². The van der Waals surface area contributed by atoms with Crippen LogP contribution in [0, 0.1) is 0 Å². The van der Waals surface area contributed by atoms with Crippen LogP contribution in [0.4, 0.5) is 5.69 Å². The summed E-state index contributed by atoms with van der Waals surface area (Å²) in [6.07, 6.45) is 0.917. The topological polar surface area (TPSA) is 46.2 Å². The molecule has 0 aliphatic rings. The molecule has 3 nitrogen and oxygen atoms in total. The summed E-state index contributed by atoms with van der Waals surface area (Å²) in [7, 11) is 0. The Labute approximate surface area is 147 Å². The predicted molar refractivity (Wildman–Crippen MR) is 100 cm³/mol. The van der Waals surface area contributed by atoms with Gasteiger partial charge >= 0.3 is 0 Å². The van der Waals surface area contributed by atoms with Crippen LogP contribution < -0.4 is 5.32 Å².